The van der Waals surface area contributed by atoms with Crippen LogP contribution in [-0.2, 0) is 20.8 Å². The molecule has 2 atom stereocenters. The fraction of sp³-hybridized carbons (Fsp3) is 0.625. The van der Waals surface area contributed by atoms with Crippen LogP contribution in [0.2, 0.25) is 0 Å². The highest BCUT2D eigenvalue weighted by molar-refractivity contribution is 5.80. The molecular formula is C16H23N3O3. The summed E-state index contributed by atoms with van der Waals surface area (Å²) in [5.74, 6) is 0.938. The summed E-state index contributed by atoms with van der Waals surface area (Å²) in [5.41, 5.74) is 0.997. The van der Waals surface area contributed by atoms with Crippen LogP contribution in [0, 0.1) is 0 Å². The van der Waals surface area contributed by atoms with Crippen LogP contribution in [0.4, 0.5) is 5.82 Å². The van der Waals surface area contributed by atoms with Gasteiger partial charge in [-0.25, -0.2) is 4.98 Å². The Kier molecular flexibility index (Phi) is 4.90. The van der Waals surface area contributed by atoms with Gasteiger partial charge in [-0.05, 0) is 31.4 Å². The standard InChI is InChI=1S/C16H23N3O3/c1-12-11-19(6-8-21-12)15-5-4-13(9-17-15)10-18-16(20)14-3-2-7-22-14/h4-5,9,12,14H,2-3,6-8,10-11H2,1H3,(H,18,20)/t12-,14-/m1/s1. The lowest BCUT2D eigenvalue weighted by molar-refractivity contribution is -0.130. The predicted octanol–water partition coefficient (Wildman–Crippen LogP) is 1.10. The molecule has 0 unspecified atom stereocenters. The average Bonchev–Trinajstić information content (AvgIpc) is 3.08. The van der Waals surface area contributed by atoms with Crippen LogP contribution in [0.5, 0.6) is 0 Å². The summed E-state index contributed by atoms with van der Waals surface area (Å²) in [6, 6.07) is 4.02. The van der Waals surface area contributed by atoms with E-state index in [1.165, 1.54) is 0 Å². The first-order valence-corrected chi connectivity index (χ1v) is 7.93. The third kappa shape index (κ3) is 3.75. The number of pyridine rings is 1. The SMILES string of the molecule is C[C@@H]1CN(c2ccc(CNC(=O)[C@H]3CCCO3)cn2)CCO1. The largest absolute Gasteiger partial charge is 0.375 e. The van der Waals surface area contributed by atoms with Crippen molar-refractivity contribution in [3.05, 3.63) is 23.9 Å². The Labute approximate surface area is 130 Å². The molecule has 1 aromatic heterocycles. The van der Waals surface area contributed by atoms with Crippen molar-refractivity contribution in [3.8, 4) is 0 Å². The van der Waals surface area contributed by atoms with Crippen LogP contribution in [0.25, 0.3) is 0 Å². The first kappa shape index (κ1) is 15.2. The van der Waals surface area contributed by atoms with Crippen molar-refractivity contribution < 1.29 is 14.3 Å². The van der Waals surface area contributed by atoms with Crippen molar-refractivity contribution in [1.82, 2.24) is 10.3 Å². The minimum atomic E-state index is -0.276. The van der Waals surface area contributed by atoms with E-state index in [0.717, 1.165) is 43.9 Å². The Balaban J connectivity index is 1.51. The Bertz CT molecular complexity index is 500. The van der Waals surface area contributed by atoms with Gasteiger partial charge in [-0.15, -0.1) is 0 Å². The molecule has 2 saturated heterocycles. The number of amides is 1. The maximum Gasteiger partial charge on any atom is 0.249 e. The summed E-state index contributed by atoms with van der Waals surface area (Å²) >= 11 is 0. The minimum Gasteiger partial charge on any atom is -0.375 e. The summed E-state index contributed by atoms with van der Waals surface area (Å²) in [6.07, 6.45) is 3.57. The summed E-state index contributed by atoms with van der Waals surface area (Å²) in [7, 11) is 0. The molecule has 0 aromatic carbocycles. The molecule has 0 aliphatic carbocycles. The average molecular weight is 305 g/mol. The summed E-state index contributed by atoms with van der Waals surface area (Å²) < 4.78 is 10.9. The van der Waals surface area contributed by atoms with Gasteiger partial charge in [0.15, 0.2) is 0 Å². The van der Waals surface area contributed by atoms with Crippen molar-refractivity contribution in [3.63, 3.8) is 0 Å². The Morgan fingerprint density at radius 3 is 3.00 bits per heavy atom. The molecule has 2 aliphatic heterocycles. The number of aromatic nitrogens is 1. The number of hydrogen-bond acceptors (Lipinski definition) is 5. The summed E-state index contributed by atoms with van der Waals surface area (Å²) in [6.45, 7) is 5.72. The molecule has 3 heterocycles. The van der Waals surface area contributed by atoms with Crippen LogP contribution < -0.4 is 10.2 Å². The molecule has 0 radical (unpaired) electrons. The molecule has 1 N–H and O–H groups in total. The molecule has 2 fully saturated rings. The number of hydrogen-bond donors (Lipinski definition) is 1. The summed E-state index contributed by atoms with van der Waals surface area (Å²) in [4.78, 5) is 18.6. The van der Waals surface area contributed by atoms with E-state index in [1.807, 2.05) is 18.3 Å². The van der Waals surface area contributed by atoms with E-state index < -0.39 is 0 Å². The maximum atomic E-state index is 11.9. The van der Waals surface area contributed by atoms with Crippen molar-refractivity contribution >= 4 is 11.7 Å². The molecular weight excluding hydrogens is 282 g/mol. The van der Waals surface area contributed by atoms with Gasteiger partial charge in [-0.3, -0.25) is 4.79 Å². The molecule has 22 heavy (non-hydrogen) atoms. The van der Waals surface area contributed by atoms with Gasteiger partial charge in [0.1, 0.15) is 11.9 Å². The van der Waals surface area contributed by atoms with Crippen LogP contribution >= 0.6 is 0 Å². The van der Waals surface area contributed by atoms with Crippen molar-refractivity contribution in [2.45, 2.75) is 38.5 Å². The second-order valence-electron chi connectivity index (χ2n) is 5.87. The second kappa shape index (κ2) is 7.07. The quantitative estimate of drug-likeness (QED) is 0.902. The highest BCUT2D eigenvalue weighted by Gasteiger charge is 2.23. The van der Waals surface area contributed by atoms with Gasteiger partial charge < -0.3 is 19.7 Å². The van der Waals surface area contributed by atoms with Crippen molar-refractivity contribution in [2.24, 2.45) is 0 Å². The number of carbonyl (C=O) groups excluding carboxylic acids is 1. The molecule has 1 aromatic rings. The Morgan fingerprint density at radius 1 is 1.41 bits per heavy atom. The highest BCUT2D eigenvalue weighted by atomic mass is 16.5. The third-order valence-corrected chi connectivity index (χ3v) is 4.06. The molecule has 0 bridgehead atoms. The zero-order valence-electron chi connectivity index (χ0n) is 13.0. The van der Waals surface area contributed by atoms with E-state index in [-0.39, 0.29) is 18.1 Å². The molecule has 6 heteroatoms. The maximum absolute atomic E-state index is 11.9. The first-order valence-electron chi connectivity index (χ1n) is 7.93. The normalized spacial score (nSPS) is 25.2. The Hall–Kier alpha value is -1.66. The van der Waals surface area contributed by atoms with Crippen molar-refractivity contribution in [2.75, 3.05) is 31.2 Å². The lowest BCUT2D eigenvalue weighted by Crippen LogP contribution is -2.41. The van der Waals surface area contributed by atoms with E-state index in [2.05, 4.69) is 22.1 Å². The predicted molar refractivity (Wildman–Crippen MR) is 82.7 cm³/mol. The van der Waals surface area contributed by atoms with Gasteiger partial charge in [0.25, 0.3) is 0 Å². The smallest absolute Gasteiger partial charge is 0.249 e. The van der Waals surface area contributed by atoms with Crippen LogP contribution in [0.1, 0.15) is 25.3 Å². The third-order valence-electron chi connectivity index (χ3n) is 4.06. The van der Waals surface area contributed by atoms with Crippen LogP contribution in [0.15, 0.2) is 18.3 Å². The molecule has 1 amide bonds. The van der Waals surface area contributed by atoms with Gasteiger partial charge in [0.2, 0.25) is 5.91 Å². The monoisotopic (exact) mass is 305 g/mol. The topological polar surface area (TPSA) is 63.7 Å². The van der Waals surface area contributed by atoms with E-state index in [9.17, 15) is 4.79 Å². The molecule has 120 valence electrons. The zero-order valence-corrected chi connectivity index (χ0v) is 13.0. The molecule has 2 aliphatic rings. The number of anilines is 1. The number of ether oxygens (including phenoxy) is 2. The molecule has 0 spiro atoms. The second-order valence-corrected chi connectivity index (χ2v) is 5.87. The lowest BCUT2D eigenvalue weighted by Gasteiger charge is -2.32. The highest BCUT2D eigenvalue weighted by Crippen LogP contribution is 2.16. The van der Waals surface area contributed by atoms with Crippen LogP contribution in [0.3, 0.4) is 0 Å². The van der Waals surface area contributed by atoms with Gasteiger partial charge in [-0.1, -0.05) is 6.07 Å². The zero-order chi connectivity index (χ0) is 15.4. The number of nitrogens with one attached hydrogen (secondary N) is 1. The first-order chi connectivity index (χ1) is 10.7. The molecule has 6 nitrogen and oxygen atoms in total. The summed E-state index contributed by atoms with van der Waals surface area (Å²) in [5, 5.41) is 2.91. The van der Waals surface area contributed by atoms with Crippen LogP contribution in [-0.4, -0.2) is 49.4 Å². The number of rotatable bonds is 4. The minimum absolute atomic E-state index is 0.0245. The van der Waals surface area contributed by atoms with Gasteiger partial charge in [0, 0.05) is 32.4 Å². The van der Waals surface area contributed by atoms with E-state index >= 15 is 0 Å². The van der Waals surface area contributed by atoms with E-state index in [0.29, 0.717) is 13.2 Å². The molecule has 0 saturated carbocycles. The number of carbonyl (C=O) groups is 1. The lowest BCUT2D eigenvalue weighted by atomic mass is 10.2. The van der Waals surface area contributed by atoms with Gasteiger partial charge >= 0.3 is 0 Å². The Morgan fingerprint density at radius 2 is 2.32 bits per heavy atom. The van der Waals surface area contributed by atoms with E-state index in [4.69, 9.17) is 9.47 Å². The van der Waals surface area contributed by atoms with Gasteiger partial charge in [-0.2, -0.15) is 0 Å². The van der Waals surface area contributed by atoms with Crippen molar-refractivity contribution in [1.29, 1.82) is 0 Å². The molecule has 3 rings (SSSR count). The number of nitrogens with zero attached hydrogens (tertiary/aromatic N) is 2. The fourth-order valence-corrected chi connectivity index (χ4v) is 2.82. The van der Waals surface area contributed by atoms with Gasteiger partial charge in [0.05, 0.1) is 12.7 Å². The van der Waals surface area contributed by atoms with E-state index in [1.54, 1.807) is 0 Å². The number of morpholine rings is 1. The fourth-order valence-electron chi connectivity index (χ4n) is 2.82.